The average molecular weight is 472 g/mol. The van der Waals surface area contributed by atoms with Gasteiger partial charge in [-0.2, -0.15) is 23.0 Å². The fraction of sp³-hybridized carbons (Fsp3) is 0.545. The molecule has 174 valence electrons. The highest BCUT2D eigenvalue weighted by atomic mass is 35.5. The minimum atomic E-state index is -4.47. The monoisotopic (exact) mass is 471 g/mol. The maximum absolute atomic E-state index is 13.3. The van der Waals surface area contributed by atoms with Gasteiger partial charge in [-0.05, 0) is 43.7 Å². The number of aliphatic hydroxyl groups is 1. The van der Waals surface area contributed by atoms with Gasteiger partial charge in [-0.15, -0.1) is 0 Å². The van der Waals surface area contributed by atoms with E-state index in [1.807, 2.05) is 4.90 Å². The van der Waals surface area contributed by atoms with Crippen LogP contribution in [0.15, 0.2) is 35.3 Å². The molecule has 6 nitrogen and oxygen atoms in total. The van der Waals surface area contributed by atoms with Crippen molar-refractivity contribution in [2.45, 2.75) is 56.5 Å². The Bertz CT molecular complexity index is 1010. The number of hydrogen-bond acceptors (Lipinski definition) is 5. The number of aromatic nitrogens is 2. The number of anilines is 1. The molecule has 0 radical (unpaired) electrons. The van der Waals surface area contributed by atoms with Crippen molar-refractivity contribution < 1.29 is 23.0 Å². The van der Waals surface area contributed by atoms with Crippen LogP contribution in [0.4, 0.5) is 18.9 Å². The summed E-state index contributed by atoms with van der Waals surface area (Å²) in [6.07, 6.45) is -0.412. The fourth-order valence-electron chi connectivity index (χ4n) is 4.42. The summed E-state index contributed by atoms with van der Waals surface area (Å²) in [5.41, 5.74) is -1.90. The molecule has 1 atom stereocenters. The molecule has 1 unspecified atom stereocenters. The third-order valence-corrected chi connectivity index (χ3v) is 6.59. The molecular formula is C22H25ClF3N3O3. The zero-order chi connectivity index (χ0) is 22.9. The van der Waals surface area contributed by atoms with Crippen molar-refractivity contribution >= 4 is 17.3 Å². The highest BCUT2D eigenvalue weighted by Crippen LogP contribution is 2.36. The SMILES string of the molecule is O=c1c(Cl)c(N2CCC(O)(Cc3ccccc3C(F)(F)F)CC2)cnn1C1CCCCO1. The lowest BCUT2D eigenvalue weighted by molar-refractivity contribution is -0.138. The number of rotatable bonds is 4. The highest BCUT2D eigenvalue weighted by molar-refractivity contribution is 6.33. The van der Waals surface area contributed by atoms with Gasteiger partial charge in [0.2, 0.25) is 0 Å². The van der Waals surface area contributed by atoms with Crippen molar-refractivity contribution in [2.24, 2.45) is 0 Å². The molecule has 2 aromatic rings. The van der Waals surface area contributed by atoms with Gasteiger partial charge in [0.05, 0.1) is 23.0 Å². The molecule has 32 heavy (non-hydrogen) atoms. The van der Waals surface area contributed by atoms with E-state index in [0.29, 0.717) is 31.8 Å². The molecule has 0 aliphatic carbocycles. The summed E-state index contributed by atoms with van der Waals surface area (Å²) in [7, 11) is 0. The third kappa shape index (κ3) is 4.79. The van der Waals surface area contributed by atoms with E-state index in [-0.39, 0.29) is 29.8 Å². The van der Waals surface area contributed by atoms with E-state index in [1.54, 1.807) is 6.07 Å². The summed E-state index contributed by atoms with van der Waals surface area (Å²) in [4.78, 5) is 14.6. The van der Waals surface area contributed by atoms with E-state index in [1.165, 1.54) is 23.0 Å². The van der Waals surface area contributed by atoms with Gasteiger partial charge in [0.25, 0.3) is 5.56 Å². The van der Waals surface area contributed by atoms with E-state index in [4.69, 9.17) is 16.3 Å². The summed E-state index contributed by atoms with van der Waals surface area (Å²) < 4.78 is 46.8. The van der Waals surface area contributed by atoms with E-state index >= 15 is 0 Å². The van der Waals surface area contributed by atoms with Gasteiger partial charge in [-0.1, -0.05) is 29.8 Å². The lowest BCUT2D eigenvalue weighted by Crippen LogP contribution is -2.46. The Labute approximate surface area is 188 Å². The molecule has 1 aromatic carbocycles. The first-order valence-electron chi connectivity index (χ1n) is 10.7. The van der Waals surface area contributed by atoms with Gasteiger partial charge in [0.1, 0.15) is 5.02 Å². The Kier molecular flexibility index (Phi) is 6.51. The number of piperidine rings is 1. The number of alkyl halides is 3. The van der Waals surface area contributed by atoms with Gasteiger partial charge in [0.15, 0.2) is 6.23 Å². The lowest BCUT2D eigenvalue weighted by Gasteiger charge is -2.40. The van der Waals surface area contributed by atoms with E-state index in [0.717, 1.165) is 18.9 Å². The maximum Gasteiger partial charge on any atom is 0.416 e. The molecule has 0 bridgehead atoms. The predicted octanol–water partition coefficient (Wildman–Crippen LogP) is 4.19. The van der Waals surface area contributed by atoms with Gasteiger partial charge in [-0.25, -0.2) is 0 Å². The second kappa shape index (κ2) is 9.03. The second-order valence-corrected chi connectivity index (χ2v) is 8.84. The smallest absolute Gasteiger partial charge is 0.389 e. The molecular weight excluding hydrogens is 447 g/mol. The molecule has 2 aliphatic heterocycles. The van der Waals surface area contributed by atoms with Crippen molar-refractivity contribution in [3.63, 3.8) is 0 Å². The normalized spacial score (nSPS) is 21.5. The van der Waals surface area contributed by atoms with Crippen LogP contribution in [-0.2, 0) is 17.3 Å². The molecule has 2 aliphatic rings. The molecule has 2 saturated heterocycles. The average Bonchev–Trinajstić information content (AvgIpc) is 2.76. The predicted molar refractivity (Wildman–Crippen MR) is 114 cm³/mol. The molecule has 1 N–H and O–H groups in total. The first kappa shape index (κ1) is 23.1. The van der Waals surface area contributed by atoms with E-state index in [2.05, 4.69) is 5.10 Å². The van der Waals surface area contributed by atoms with Crippen molar-refractivity contribution in [2.75, 3.05) is 24.6 Å². The summed E-state index contributed by atoms with van der Waals surface area (Å²) in [6.45, 7) is 1.26. The van der Waals surface area contributed by atoms with Gasteiger partial charge in [0, 0.05) is 26.1 Å². The first-order valence-corrected chi connectivity index (χ1v) is 11.1. The number of halogens is 4. The zero-order valence-electron chi connectivity index (χ0n) is 17.4. The molecule has 10 heteroatoms. The highest BCUT2D eigenvalue weighted by Gasteiger charge is 2.38. The molecule has 0 saturated carbocycles. The Hall–Kier alpha value is -2.10. The molecule has 1 aromatic heterocycles. The van der Waals surface area contributed by atoms with Crippen LogP contribution in [0.2, 0.25) is 5.02 Å². The lowest BCUT2D eigenvalue weighted by atomic mass is 9.84. The van der Waals surface area contributed by atoms with Crippen LogP contribution >= 0.6 is 11.6 Å². The quantitative estimate of drug-likeness (QED) is 0.724. The number of benzene rings is 1. The Balaban J connectivity index is 1.47. The zero-order valence-corrected chi connectivity index (χ0v) is 18.2. The first-order chi connectivity index (χ1) is 15.2. The van der Waals surface area contributed by atoms with E-state index in [9.17, 15) is 23.1 Å². The van der Waals surface area contributed by atoms with Crippen molar-refractivity contribution in [3.05, 3.63) is 57.0 Å². The minimum Gasteiger partial charge on any atom is -0.389 e. The summed E-state index contributed by atoms with van der Waals surface area (Å²) in [6, 6.07) is 5.32. The van der Waals surface area contributed by atoms with Crippen molar-refractivity contribution in [1.29, 1.82) is 0 Å². The van der Waals surface area contributed by atoms with Crippen LogP contribution in [0.25, 0.3) is 0 Å². The minimum absolute atomic E-state index is 0.0297. The van der Waals surface area contributed by atoms with Gasteiger partial charge >= 0.3 is 6.18 Å². The van der Waals surface area contributed by atoms with Gasteiger partial charge in [-0.3, -0.25) is 4.79 Å². The number of nitrogens with zero attached hydrogens (tertiary/aromatic N) is 3. The summed E-state index contributed by atoms with van der Waals surface area (Å²) in [5.74, 6) is 0. The molecule has 3 heterocycles. The number of hydrogen-bond donors (Lipinski definition) is 1. The van der Waals surface area contributed by atoms with Crippen LogP contribution < -0.4 is 10.5 Å². The Morgan fingerprint density at radius 2 is 1.94 bits per heavy atom. The molecule has 0 spiro atoms. The molecule has 2 fully saturated rings. The van der Waals surface area contributed by atoms with Crippen LogP contribution in [0.1, 0.15) is 49.5 Å². The Morgan fingerprint density at radius 3 is 2.59 bits per heavy atom. The topological polar surface area (TPSA) is 67.6 Å². The Morgan fingerprint density at radius 1 is 1.22 bits per heavy atom. The largest absolute Gasteiger partial charge is 0.416 e. The molecule has 0 amide bonds. The molecule has 4 rings (SSSR count). The summed E-state index contributed by atoms with van der Waals surface area (Å²) in [5, 5.41) is 15.3. The van der Waals surface area contributed by atoms with Crippen molar-refractivity contribution in [3.8, 4) is 0 Å². The number of ether oxygens (including phenoxy) is 1. The van der Waals surface area contributed by atoms with Crippen LogP contribution in [0.5, 0.6) is 0 Å². The maximum atomic E-state index is 13.3. The summed E-state index contributed by atoms with van der Waals surface area (Å²) >= 11 is 6.36. The van der Waals surface area contributed by atoms with Crippen molar-refractivity contribution in [1.82, 2.24) is 9.78 Å². The van der Waals surface area contributed by atoms with E-state index < -0.39 is 29.1 Å². The fourth-order valence-corrected chi connectivity index (χ4v) is 4.68. The van der Waals surface area contributed by atoms with Gasteiger partial charge < -0.3 is 14.7 Å². The van der Waals surface area contributed by atoms with Crippen LogP contribution in [0, 0.1) is 0 Å². The van der Waals surface area contributed by atoms with Crippen LogP contribution in [-0.4, -0.2) is 40.2 Å². The van der Waals surface area contributed by atoms with Crippen LogP contribution in [0.3, 0.4) is 0 Å². The third-order valence-electron chi connectivity index (χ3n) is 6.23. The standard InChI is InChI=1S/C22H25ClF3N3O3/c23-19-17(14-27-29(20(19)30)18-7-3-4-12-32-18)28-10-8-21(31,9-11-28)13-15-5-1-2-6-16(15)22(24,25)26/h1-2,5-6,14,18,31H,3-4,7-13H2. The second-order valence-electron chi connectivity index (χ2n) is 8.46.